The smallest absolute Gasteiger partial charge is 0.0431 e. The van der Waals surface area contributed by atoms with Gasteiger partial charge in [-0.15, -0.1) is 0 Å². The van der Waals surface area contributed by atoms with Crippen molar-refractivity contribution in [2.45, 2.75) is 168 Å². The first-order valence-electron chi connectivity index (χ1n) is 24.9. The number of aliphatic hydroxyl groups is 8. The van der Waals surface area contributed by atoms with Gasteiger partial charge >= 0.3 is 0 Å². The van der Waals surface area contributed by atoms with Gasteiger partial charge in [0.15, 0.2) is 0 Å². The second kappa shape index (κ2) is 42.1. The lowest BCUT2D eigenvalue weighted by Gasteiger charge is -2.42. The molecule has 0 bridgehead atoms. The Labute approximate surface area is 374 Å². The van der Waals surface area contributed by atoms with Crippen LogP contribution in [0.25, 0.3) is 0 Å². The monoisotopic (exact) mass is 879 g/mol. The molecule has 368 valence electrons. The van der Waals surface area contributed by atoms with Gasteiger partial charge in [0.05, 0.1) is 0 Å². The van der Waals surface area contributed by atoms with Crippen LogP contribution in [0.1, 0.15) is 137 Å². The highest BCUT2D eigenvalue weighted by molar-refractivity contribution is 4.84. The SMILES string of the molecule is CC(CN(CCCCO)C(C)CN(CCCCO)C(C)CN(CCCCO)C(C)CN(CCCCO)C(C)CN(CCCCO)CCCCO)N(CCCCO)CCCCO. The minimum absolute atomic E-state index is 0.180. The number of unbranched alkanes of at least 4 members (excludes halogenated alkanes) is 8. The zero-order valence-electron chi connectivity index (χ0n) is 40.3. The van der Waals surface area contributed by atoms with Gasteiger partial charge in [0.2, 0.25) is 0 Å². The second-order valence-electron chi connectivity index (χ2n) is 18.0. The standard InChI is InChI=1S/C47H102N6O8/c1-43(38-48(22-6-14-30-54)23-7-15-31-55)50(26-10-18-34-58)40-45(3)52(28-12-20-36-60)42-47(5)53(29-13-21-37-61)41-46(4)51(27-11-19-35-59)39-44(2)49(24-8-16-32-56)25-9-17-33-57/h43-47,54-61H,6-42H2,1-5H3. The lowest BCUT2D eigenvalue weighted by Crippen LogP contribution is -2.54. The van der Waals surface area contributed by atoms with Crippen LogP contribution in [0.15, 0.2) is 0 Å². The third kappa shape index (κ3) is 31.1. The maximum Gasteiger partial charge on any atom is 0.0431 e. The predicted molar refractivity (Wildman–Crippen MR) is 252 cm³/mol. The van der Waals surface area contributed by atoms with Crippen molar-refractivity contribution in [2.24, 2.45) is 0 Å². The highest BCUT2D eigenvalue weighted by atomic mass is 16.3. The van der Waals surface area contributed by atoms with E-state index >= 15 is 0 Å². The van der Waals surface area contributed by atoms with Crippen LogP contribution in [0.4, 0.5) is 0 Å². The van der Waals surface area contributed by atoms with Gasteiger partial charge in [0.1, 0.15) is 0 Å². The van der Waals surface area contributed by atoms with Crippen molar-refractivity contribution in [1.29, 1.82) is 0 Å². The van der Waals surface area contributed by atoms with Crippen molar-refractivity contribution >= 4 is 0 Å². The van der Waals surface area contributed by atoms with Crippen molar-refractivity contribution in [1.82, 2.24) is 29.4 Å². The largest absolute Gasteiger partial charge is 0.396 e. The van der Waals surface area contributed by atoms with E-state index < -0.39 is 0 Å². The van der Waals surface area contributed by atoms with Crippen LogP contribution in [0.5, 0.6) is 0 Å². The van der Waals surface area contributed by atoms with Crippen LogP contribution >= 0.6 is 0 Å². The third-order valence-electron chi connectivity index (χ3n) is 12.5. The van der Waals surface area contributed by atoms with E-state index in [1.165, 1.54) is 0 Å². The summed E-state index contributed by atoms with van der Waals surface area (Å²) in [5, 5.41) is 76.7. The van der Waals surface area contributed by atoms with Gasteiger partial charge in [0, 0.05) is 116 Å². The van der Waals surface area contributed by atoms with Gasteiger partial charge in [-0.1, -0.05) is 0 Å². The lowest BCUT2D eigenvalue weighted by molar-refractivity contribution is 0.0567. The maximum atomic E-state index is 9.77. The molecule has 5 atom stereocenters. The number of aliphatic hydroxyl groups excluding tert-OH is 8. The van der Waals surface area contributed by atoms with E-state index in [-0.39, 0.29) is 77.0 Å². The van der Waals surface area contributed by atoms with Gasteiger partial charge in [-0.2, -0.15) is 0 Å². The quantitative estimate of drug-likeness (QED) is 0.0419. The molecule has 0 amide bonds. The van der Waals surface area contributed by atoms with Gasteiger partial charge in [0.25, 0.3) is 0 Å². The molecule has 0 aromatic rings. The van der Waals surface area contributed by atoms with E-state index in [1.807, 2.05) is 0 Å². The molecule has 0 heterocycles. The molecular formula is C47H102N6O8. The average molecular weight is 879 g/mol. The Morgan fingerprint density at radius 1 is 0.230 bits per heavy atom. The van der Waals surface area contributed by atoms with Crippen LogP contribution < -0.4 is 0 Å². The average Bonchev–Trinajstić information content (AvgIpc) is 3.24. The molecule has 0 radical (unpaired) electrons. The van der Waals surface area contributed by atoms with Crippen molar-refractivity contribution in [2.75, 3.05) is 138 Å². The summed E-state index contributed by atoms with van der Waals surface area (Å²) >= 11 is 0. The predicted octanol–water partition coefficient (Wildman–Crippen LogP) is 2.92. The molecule has 8 N–H and O–H groups in total. The zero-order chi connectivity index (χ0) is 45.5. The summed E-state index contributed by atoms with van der Waals surface area (Å²) in [6.07, 6.45) is 13.7. The molecule has 0 aliphatic rings. The molecule has 0 spiro atoms. The minimum Gasteiger partial charge on any atom is -0.396 e. The maximum absolute atomic E-state index is 9.77. The summed E-state index contributed by atoms with van der Waals surface area (Å²) in [6.45, 7) is 25.0. The van der Waals surface area contributed by atoms with Gasteiger partial charge in [-0.25, -0.2) is 0 Å². The Balaban J connectivity index is 6.34. The third-order valence-corrected chi connectivity index (χ3v) is 12.5. The molecule has 0 aromatic carbocycles. The van der Waals surface area contributed by atoms with Crippen molar-refractivity contribution in [3.63, 3.8) is 0 Å². The van der Waals surface area contributed by atoms with E-state index in [2.05, 4.69) is 64.0 Å². The number of nitrogens with zero attached hydrogens (tertiary/aromatic N) is 6. The van der Waals surface area contributed by atoms with Crippen LogP contribution in [0.3, 0.4) is 0 Å². The van der Waals surface area contributed by atoms with Gasteiger partial charge in [-0.3, -0.25) is 24.5 Å². The first-order chi connectivity index (χ1) is 29.6. The molecule has 0 fully saturated rings. The minimum atomic E-state index is 0.180. The van der Waals surface area contributed by atoms with E-state index in [0.29, 0.717) is 6.04 Å². The van der Waals surface area contributed by atoms with Crippen LogP contribution in [0, 0.1) is 0 Å². The van der Waals surface area contributed by atoms with E-state index in [0.717, 1.165) is 188 Å². The number of rotatable bonds is 47. The summed E-state index contributed by atoms with van der Waals surface area (Å²) in [6, 6.07) is 1.35. The first kappa shape index (κ1) is 60.4. The second-order valence-corrected chi connectivity index (χ2v) is 18.0. The topological polar surface area (TPSA) is 181 Å². The summed E-state index contributed by atoms with van der Waals surface area (Å²) in [5.74, 6) is 0. The van der Waals surface area contributed by atoms with Crippen LogP contribution in [-0.2, 0) is 0 Å². The number of hydrogen-bond acceptors (Lipinski definition) is 14. The Hall–Kier alpha value is -0.560. The summed E-state index contributed by atoms with van der Waals surface area (Å²) in [7, 11) is 0. The Morgan fingerprint density at radius 3 is 0.639 bits per heavy atom. The molecule has 5 unspecified atom stereocenters. The zero-order valence-corrected chi connectivity index (χ0v) is 40.3. The van der Waals surface area contributed by atoms with Crippen molar-refractivity contribution in [3.8, 4) is 0 Å². The molecule has 0 aliphatic carbocycles. The fraction of sp³-hybridized carbons (Fsp3) is 1.00. The molecule has 14 heteroatoms. The molecule has 14 nitrogen and oxygen atoms in total. The lowest BCUT2D eigenvalue weighted by atomic mass is 10.1. The van der Waals surface area contributed by atoms with Crippen LogP contribution in [0.2, 0.25) is 0 Å². The van der Waals surface area contributed by atoms with E-state index in [4.69, 9.17) is 0 Å². The first-order valence-corrected chi connectivity index (χ1v) is 24.9. The van der Waals surface area contributed by atoms with E-state index in [1.54, 1.807) is 0 Å². The van der Waals surface area contributed by atoms with Crippen molar-refractivity contribution in [3.05, 3.63) is 0 Å². The fourth-order valence-corrected chi connectivity index (χ4v) is 8.58. The molecular weight excluding hydrogens is 777 g/mol. The highest BCUT2D eigenvalue weighted by Gasteiger charge is 2.28. The van der Waals surface area contributed by atoms with Gasteiger partial charge in [-0.05, 0) is 190 Å². The fourth-order valence-electron chi connectivity index (χ4n) is 8.58. The highest BCUT2D eigenvalue weighted by Crippen LogP contribution is 2.17. The molecule has 0 saturated heterocycles. The van der Waals surface area contributed by atoms with E-state index in [9.17, 15) is 40.9 Å². The van der Waals surface area contributed by atoms with Crippen LogP contribution in [-0.4, -0.2) is 238 Å². The molecule has 0 aromatic heterocycles. The normalized spacial score (nSPS) is 15.0. The summed E-state index contributed by atoms with van der Waals surface area (Å²) < 4.78 is 0. The molecule has 0 saturated carbocycles. The molecule has 0 aliphatic heterocycles. The Bertz CT molecular complexity index is 899. The molecule has 61 heavy (non-hydrogen) atoms. The molecule has 0 rings (SSSR count). The summed E-state index contributed by atoms with van der Waals surface area (Å²) in [5.41, 5.74) is 0. The van der Waals surface area contributed by atoms with Crippen molar-refractivity contribution < 1.29 is 40.9 Å². The summed E-state index contributed by atoms with van der Waals surface area (Å²) in [4.78, 5) is 15.4. The Kier molecular flexibility index (Phi) is 41.7. The Morgan fingerprint density at radius 2 is 0.410 bits per heavy atom. The number of hydrogen-bond donors (Lipinski definition) is 8. The van der Waals surface area contributed by atoms with Gasteiger partial charge < -0.3 is 45.8 Å².